The van der Waals surface area contributed by atoms with Crippen molar-refractivity contribution < 1.29 is 0 Å². The van der Waals surface area contributed by atoms with Gasteiger partial charge in [0.2, 0.25) is 0 Å². The minimum atomic E-state index is 0. The quantitative estimate of drug-likeness (QED) is 0.302. The lowest BCUT2D eigenvalue weighted by Gasteiger charge is -2.11. The van der Waals surface area contributed by atoms with Crippen LogP contribution >= 0.6 is 35.3 Å². The monoisotopic (exact) mass is 424 g/mol. The maximum Gasteiger partial charge on any atom is 0.191 e. The van der Waals surface area contributed by atoms with Crippen LogP contribution in [0.5, 0.6) is 0 Å². The van der Waals surface area contributed by atoms with Crippen LogP contribution in [0.1, 0.15) is 49.2 Å². The molecule has 1 aromatic rings. The number of nitrogens with zero attached hydrogens (tertiary/aromatic N) is 2. The molecule has 21 heavy (non-hydrogen) atoms. The van der Waals surface area contributed by atoms with Crippen molar-refractivity contribution in [1.82, 2.24) is 15.6 Å². The molecular weight excluding hydrogens is 395 g/mol. The zero-order valence-electron chi connectivity index (χ0n) is 13.8. The Hall–Kier alpha value is -0.370. The topological polar surface area (TPSA) is 49.3 Å². The number of halogens is 1. The zero-order chi connectivity index (χ0) is 15.0. The van der Waals surface area contributed by atoms with E-state index in [9.17, 15) is 0 Å². The minimum absolute atomic E-state index is 0. The molecule has 0 radical (unpaired) electrons. The third kappa shape index (κ3) is 8.60. The molecule has 0 saturated carbocycles. The van der Waals surface area contributed by atoms with Gasteiger partial charge in [-0.1, -0.05) is 13.8 Å². The highest BCUT2D eigenvalue weighted by molar-refractivity contribution is 14.0. The van der Waals surface area contributed by atoms with Crippen molar-refractivity contribution in [3.8, 4) is 0 Å². The Bertz CT molecular complexity index is 429. The van der Waals surface area contributed by atoms with Gasteiger partial charge in [-0.2, -0.15) is 0 Å². The van der Waals surface area contributed by atoms with E-state index in [-0.39, 0.29) is 24.0 Å². The Morgan fingerprint density at radius 3 is 2.52 bits per heavy atom. The van der Waals surface area contributed by atoms with Crippen LogP contribution in [0.25, 0.3) is 0 Å². The molecule has 0 amide bonds. The number of hydrogen-bond acceptors (Lipinski definition) is 3. The third-order valence-electron chi connectivity index (χ3n) is 2.98. The fourth-order valence-electron chi connectivity index (χ4n) is 1.93. The molecule has 122 valence electrons. The van der Waals surface area contributed by atoms with Crippen molar-refractivity contribution in [2.75, 3.05) is 13.1 Å². The maximum atomic E-state index is 4.64. The van der Waals surface area contributed by atoms with Gasteiger partial charge in [0.15, 0.2) is 5.96 Å². The molecule has 0 unspecified atom stereocenters. The molecule has 1 heterocycles. The lowest BCUT2D eigenvalue weighted by atomic mass is 10.1. The minimum Gasteiger partial charge on any atom is -0.357 e. The average Bonchev–Trinajstić information content (AvgIpc) is 2.69. The number of rotatable bonds is 7. The molecule has 0 fully saturated rings. The molecule has 0 aliphatic heterocycles. The summed E-state index contributed by atoms with van der Waals surface area (Å²) in [6, 6.07) is 0. The van der Waals surface area contributed by atoms with Crippen LogP contribution in [0.3, 0.4) is 0 Å². The SMILES string of the molecule is CCNC(=NCc1sc(C)nc1C)NCCCC(C)C.I. The Morgan fingerprint density at radius 2 is 2.00 bits per heavy atom. The number of guanidine groups is 1. The molecule has 0 bridgehead atoms. The molecule has 0 aliphatic rings. The lowest BCUT2D eigenvalue weighted by Crippen LogP contribution is -2.37. The van der Waals surface area contributed by atoms with Crippen LogP contribution < -0.4 is 10.6 Å². The van der Waals surface area contributed by atoms with Crippen LogP contribution in [0.15, 0.2) is 4.99 Å². The lowest BCUT2D eigenvalue weighted by molar-refractivity contribution is 0.549. The first-order valence-corrected chi connectivity index (χ1v) is 8.29. The number of thiazole rings is 1. The molecule has 0 aliphatic carbocycles. The highest BCUT2D eigenvalue weighted by Crippen LogP contribution is 2.17. The second-order valence-electron chi connectivity index (χ2n) is 5.40. The molecule has 6 heteroatoms. The second kappa shape index (κ2) is 11.2. The predicted molar refractivity (Wildman–Crippen MR) is 104 cm³/mol. The van der Waals surface area contributed by atoms with Gasteiger partial charge in [0.05, 0.1) is 17.2 Å². The first-order chi connectivity index (χ1) is 9.52. The molecule has 0 atom stereocenters. The average molecular weight is 424 g/mol. The van der Waals surface area contributed by atoms with Gasteiger partial charge in [0, 0.05) is 18.0 Å². The van der Waals surface area contributed by atoms with E-state index in [1.807, 2.05) is 6.92 Å². The summed E-state index contributed by atoms with van der Waals surface area (Å²) in [5.41, 5.74) is 1.10. The van der Waals surface area contributed by atoms with Gasteiger partial charge in [0.1, 0.15) is 0 Å². The van der Waals surface area contributed by atoms with Gasteiger partial charge >= 0.3 is 0 Å². The number of hydrogen-bond donors (Lipinski definition) is 2. The van der Waals surface area contributed by atoms with E-state index in [1.165, 1.54) is 17.7 Å². The Morgan fingerprint density at radius 1 is 1.29 bits per heavy atom. The summed E-state index contributed by atoms with van der Waals surface area (Å²) >= 11 is 1.73. The largest absolute Gasteiger partial charge is 0.357 e. The van der Waals surface area contributed by atoms with Crippen molar-refractivity contribution in [2.24, 2.45) is 10.9 Å². The molecule has 1 rings (SSSR count). The van der Waals surface area contributed by atoms with Gasteiger partial charge in [0.25, 0.3) is 0 Å². The van der Waals surface area contributed by atoms with Gasteiger partial charge in [-0.25, -0.2) is 9.98 Å². The van der Waals surface area contributed by atoms with Crippen LogP contribution in [-0.2, 0) is 6.54 Å². The Balaban J connectivity index is 0.00000400. The normalized spacial score (nSPS) is 11.4. The Labute approximate surface area is 150 Å². The Kier molecular flexibility index (Phi) is 11.0. The molecule has 0 saturated heterocycles. The van der Waals surface area contributed by atoms with Crippen LogP contribution in [0, 0.1) is 19.8 Å². The first-order valence-electron chi connectivity index (χ1n) is 7.48. The van der Waals surface area contributed by atoms with E-state index >= 15 is 0 Å². The van der Waals surface area contributed by atoms with E-state index in [1.54, 1.807) is 11.3 Å². The van der Waals surface area contributed by atoms with Gasteiger partial charge in [-0.15, -0.1) is 35.3 Å². The fraction of sp³-hybridized carbons (Fsp3) is 0.733. The maximum absolute atomic E-state index is 4.64. The smallest absolute Gasteiger partial charge is 0.191 e. The number of aryl methyl sites for hydroxylation is 2. The predicted octanol–water partition coefficient (Wildman–Crippen LogP) is 3.87. The standard InChI is InChI=1S/C15H28N4S.HI/c1-6-16-15(17-9-7-8-11(2)3)18-10-14-12(4)19-13(5)20-14;/h11H,6-10H2,1-5H3,(H2,16,17,18);1H. The van der Waals surface area contributed by atoms with Crippen LogP contribution in [0.4, 0.5) is 0 Å². The summed E-state index contributed by atoms with van der Waals surface area (Å²) in [5.74, 6) is 1.67. The zero-order valence-corrected chi connectivity index (χ0v) is 17.0. The van der Waals surface area contributed by atoms with E-state index in [4.69, 9.17) is 0 Å². The first kappa shape index (κ1) is 20.6. The molecule has 4 nitrogen and oxygen atoms in total. The summed E-state index contributed by atoms with van der Waals surface area (Å²) in [4.78, 5) is 10.3. The van der Waals surface area contributed by atoms with Crippen molar-refractivity contribution in [3.63, 3.8) is 0 Å². The van der Waals surface area contributed by atoms with Crippen LogP contribution in [0.2, 0.25) is 0 Å². The second-order valence-corrected chi connectivity index (χ2v) is 6.69. The molecule has 1 aromatic heterocycles. The summed E-state index contributed by atoms with van der Waals surface area (Å²) in [7, 11) is 0. The van der Waals surface area contributed by atoms with E-state index in [0.29, 0.717) is 6.54 Å². The van der Waals surface area contributed by atoms with E-state index in [0.717, 1.165) is 35.7 Å². The van der Waals surface area contributed by atoms with Crippen molar-refractivity contribution in [2.45, 2.75) is 54.0 Å². The summed E-state index contributed by atoms with van der Waals surface area (Å²) in [6.45, 7) is 13.3. The third-order valence-corrected chi connectivity index (χ3v) is 4.03. The van der Waals surface area contributed by atoms with E-state index < -0.39 is 0 Å². The van der Waals surface area contributed by atoms with E-state index in [2.05, 4.69) is 48.3 Å². The summed E-state index contributed by atoms with van der Waals surface area (Å²) in [5, 5.41) is 7.80. The fourth-order valence-corrected chi connectivity index (χ4v) is 2.79. The number of aromatic nitrogens is 1. The molecule has 0 aromatic carbocycles. The van der Waals surface area contributed by atoms with Gasteiger partial charge in [-0.05, 0) is 39.5 Å². The molecule has 2 N–H and O–H groups in total. The number of aliphatic imine (C=N–C) groups is 1. The number of nitrogens with one attached hydrogen (secondary N) is 2. The summed E-state index contributed by atoms with van der Waals surface area (Å²) < 4.78 is 0. The highest BCUT2D eigenvalue weighted by atomic mass is 127. The van der Waals surface area contributed by atoms with Gasteiger partial charge < -0.3 is 10.6 Å². The summed E-state index contributed by atoms with van der Waals surface area (Å²) in [6.07, 6.45) is 2.43. The van der Waals surface area contributed by atoms with Crippen LogP contribution in [-0.4, -0.2) is 24.0 Å². The molecule has 0 spiro atoms. The van der Waals surface area contributed by atoms with Crippen molar-refractivity contribution >= 4 is 41.3 Å². The van der Waals surface area contributed by atoms with Crippen molar-refractivity contribution in [1.29, 1.82) is 0 Å². The highest BCUT2D eigenvalue weighted by Gasteiger charge is 2.04. The molecular formula is C15H29IN4S. The van der Waals surface area contributed by atoms with Crippen molar-refractivity contribution in [3.05, 3.63) is 15.6 Å². The van der Waals surface area contributed by atoms with Gasteiger partial charge in [-0.3, -0.25) is 0 Å².